The Morgan fingerprint density at radius 3 is 2.00 bits per heavy atom. The summed E-state index contributed by atoms with van der Waals surface area (Å²) in [4.78, 5) is 7.78. The molecule has 0 N–H and O–H groups in total. The van der Waals surface area contributed by atoms with Crippen LogP contribution in [0.4, 0.5) is 0 Å². The lowest BCUT2D eigenvalue weighted by atomic mass is 9.85. The van der Waals surface area contributed by atoms with Crippen molar-refractivity contribution in [3.05, 3.63) is 0 Å². The Hall–Kier alpha value is -0.595. The monoisotopic (exact) mass is 80.1 g/mol. The quantitative estimate of drug-likeness (QED) is 0.373. The van der Waals surface area contributed by atoms with Crippen molar-refractivity contribution >= 4 is 19.4 Å². The van der Waals surface area contributed by atoms with E-state index in [9.17, 15) is 0 Å². The first-order valence-electron chi connectivity index (χ1n) is 1.94. The molecule has 30 valence electrons. The zero-order valence-corrected chi connectivity index (χ0v) is 3.63. The summed E-state index contributed by atoms with van der Waals surface area (Å²) in [7, 11) is 0. The van der Waals surface area contributed by atoms with Gasteiger partial charge < -0.3 is 9.81 Å². The molecular weight excluding hydrogens is 74.9 g/mol. The van der Waals surface area contributed by atoms with Gasteiger partial charge in [0.2, 0.25) is 0 Å². The van der Waals surface area contributed by atoms with Crippen LogP contribution < -0.4 is 0 Å². The molecule has 0 unspecified atom stereocenters. The standard InChI is InChI=1S/C3H5BN2/c1-4-5-2-3-6-4/h2-3H,1H3. The van der Waals surface area contributed by atoms with Gasteiger partial charge in [-0.15, -0.1) is 0 Å². The Morgan fingerprint density at radius 1 is 1.33 bits per heavy atom. The van der Waals surface area contributed by atoms with E-state index in [0.717, 1.165) is 0 Å². The molecule has 1 rings (SSSR count). The first-order valence-corrected chi connectivity index (χ1v) is 1.94. The summed E-state index contributed by atoms with van der Waals surface area (Å²) >= 11 is 0. The van der Waals surface area contributed by atoms with Crippen LogP contribution in [0.2, 0.25) is 6.82 Å². The number of rotatable bonds is 0. The van der Waals surface area contributed by atoms with E-state index in [0.29, 0.717) is 0 Å². The molecule has 0 aromatic rings. The normalized spacial score (nSPS) is 17.2. The molecule has 0 saturated heterocycles. The Balaban J connectivity index is 2.60. The third-order valence-electron chi connectivity index (χ3n) is 0.670. The molecule has 6 heavy (non-hydrogen) atoms. The lowest BCUT2D eigenvalue weighted by Gasteiger charge is -1.76. The van der Waals surface area contributed by atoms with E-state index in [1.807, 2.05) is 6.82 Å². The van der Waals surface area contributed by atoms with Gasteiger partial charge in [-0.2, -0.15) is 0 Å². The summed E-state index contributed by atoms with van der Waals surface area (Å²) in [5.74, 6) is 0. The van der Waals surface area contributed by atoms with Gasteiger partial charge in [-0.1, -0.05) is 0 Å². The Bertz CT molecular complexity index is 85.0. The second-order valence-electron chi connectivity index (χ2n) is 1.23. The summed E-state index contributed by atoms with van der Waals surface area (Å²) < 4.78 is 0. The molecular formula is C3H5BN2. The molecule has 0 bridgehead atoms. The highest BCUT2D eigenvalue weighted by molar-refractivity contribution is 6.61. The van der Waals surface area contributed by atoms with Crippen LogP contribution in [0, 0.1) is 0 Å². The highest BCUT2D eigenvalue weighted by Gasteiger charge is 2.00. The molecule has 2 nitrogen and oxygen atoms in total. The van der Waals surface area contributed by atoms with Gasteiger partial charge in [0.25, 0.3) is 0 Å². The molecule has 0 aromatic heterocycles. The first-order chi connectivity index (χ1) is 2.89. The van der Waals surface area contributed by atoms with Crippen LogP contribution >= 0.6 is 0 Å². The predicted octanol–water partition coefficient (Wildman–Crippen LogP) is 0.260. The molecule has 0 amide bonds. The van der Waals surface area contributed by atoms with Gasteiger partial charge in [-0.3, -0.25) is 0 Å². The lowest BCUT2D eigenvalue weighted by molar-refractivity contribution is 1.67. The molecule has 0 aliphatic carbocycles. The van der Waals surface area contributed by atoms with E-state index >= 15 is 0 Å². The number of hydrogen-bond donors (Lipinski definition) is 0. The van der Waals surface area contributed by atoms with Crippen molar-refractivity contribution in [2.45, 2.75) is 6.82 Å². The maximum Gasteiger partial charge on any atom is 0.409 e. The first kappa shape index (κ1) is 3.59. The minimum atomic E-state index is 0.185. The van der Waals surface area contributed by atoms with Crippen LogP contribution in [-0.4, -0.2) is 19.4 Å². The van der Waals surface area contributed by atoms with Crippen molar-refractivity contribution in [2.75, 3.05) is 0 Å². The van der Waals surface area contributed by atoms with Crippen molar-refractivity contribution in [1.29, 1.82) is 0 Å². The maximum atomic E-state index is 3.89. The molecule has 0 saturated carbocycles. The molecule has 3 heteroatoms. The number of nitrogens with zero attached hydrogens (tertiary/aromatic N) is 2. The van der Waals surface area contributed by atoms with Crippen molar-refractivity contribution in [3.8, 4) is 0 Å². The van der Waals surface area contributed by atoms with E-state index in [2.05, 4.69) is 9.81 Å². The van der Waals surface area contributed by atoms with Gasteiger partial charge in [0.05, 0.1) is 0 Å². The summed E-state index contributed by atoms with van der Waals surface area (Å²) in [5.41, 5.74) is 0. The van der Waals surface area contributed by atoms with Gasteiger partial charge in [0, 0.05) is 12.4 Å². The molecule has 0 radical (unpaired) electrons. The minimum Gasteiger partial charge on any atom is -0.319 e. The Labute approximate surface area is 37.1 Å². The van der Waals surface area contributed by atoms with Crippen LogP contribution in [0.3, 0.4) is 0 Å². The van der Waals surface area contributed by atoms with E-state index in [1.54, 1.807) is 12.4 Å². The molecule has 0 atom stereocenters. The van der Waals surface area contributed by atoms with E-state index in [4.69, 9.17) is 0 Å². The van der Waals surface area contributed by atoms with Crippen LogP contribution in [0.15, 0.2) is 9.81 Å². The zero-order chi connectivity index (χ0) is 4.41. The van der Waals surface area contributed by atoms with Crippen LogP contribution in [0.5, 0.6) is 0 Å². The van der Waals surface area contributed by atoms with E-state index in [1.165, 1.54) is 0 Å². The largest absolute Gasteiger partial charge is 0.409 e. The second kappa shape index (κ2) is 1.24. The third-order valence-corrected chi connectivity index (χ3v) is 0.670. The Kier molecular flexibility index (Phi) is 0.745. The molecule has 1 aliphatic heterocycles. The highest BCUT2D eigenvalue weighted by atomic mass is 14.8. The van der Waals surface area contributed by atoms with Crippen molar-refractivity contribution in [1.82, 2.24) is 0 Å². The van der Waals surface area contributed by atoms with Crippen molar-refractivity contribution < 1.29 is 0 Å². The fourth-order valence-corrected chi connectivity index (χ4v) is 0.365. The average molecular weight is 79.9 g/mol. The van der Waals surface area contributed by atoms with Gasteiger partial charge >= 0.3 is 6.98 Å². The van der Waals surface area contributed by atoms with Gasteiger partial charge in [-0.05, 0) is 6.82 Å². The van der Waals surface area contributed by atoms with Crippen LogP contribution in [0.1, 0.15) is 0 Å². The van der Waals surface area contributed by atoms with Crippen LogP contribution in [0.25, 0.3) is 0 Å². The third kappa shape index (κ3) is 0.480. The van der Waals surface area contributed by atoms with Crippen LogP contribution in [-0.2, 0) is 0 Å². The lowest BCUT2D eigenvalue weighted by Crippen LogP contribution is -1.90. The summed E-state index contributed by atoms with van der Waals surface area (Å²) in [6, 6.07) is 0. The summed E-state index contributed by atoms with van der Waals surface area (Å²) in [5, 5.41) is 0. The fourth-order valence-electron chi connectivity index (χ4n) is 0.365. The zero-order valence-electron chi connectivity index (χ0n) is 3.63. The van der Waals surface area contributed by atoms with E-state index < -0.39 is 0 Å². The van der Waals surface area contributed by atoms with Crippen molar-refractivity contribution in [3.63, 3.8) is 0 Å². The smallest absolute Gasteiger partial charge is 0.319 e. The Morgan fingerprint density at radius 2 is 1.83 bits per heavy atom. The molecule has 1 aliphatic rings. The SMILES string of the molecule is CB1N=CC=N1. The molecule has 0 fully saturated rings. The number of hydrogen-bond acceptors (Lipinski definition) is 2. The summed E-state index contributed by atoms with van der Waals surface area (Å²) in [6.45, 7) is 2.13. The average Bonchev–Trinajstić information content (AvgIpc) is 1.86. The molecule has 0 aromatic carbocycles. The molecule has 1 heterocycles. The fraction of sp³-hybridized carbons (Fsp3) is 0.333. The summed E-state index contributed by atoms with van der Waals surface area (Å²) in [6.07, 6.45) is 3.43. The van der Waals surface area contributed by atoms with Crippen molar-refractivity contribution in [2.24, 2.45) is 9.81 Å². The van der Waals surface area contributed by atoms with Gasteiger partial charge in [0.15, 0.2) is 0 Å². The topological polar surface area (TPSA) is 24.7 Å². The minimum absolute atomic E-state index is 0.185. The van der Waals surface area contributed by atoms with E-state index in [-0.39, 0.29) is 6.98 Å². The van der Waals surface area contributed by atoms with Gasteiger partial charge in [0.1, 0.15) is 0 Å². The second-order valence-corrected chi connectivity index (χ2v) is 1.23. The molecule has 0 spiro atoms. The predicted molar refractivity (Wildman–Crippen MR) is 28.6 cm³/mol. The highest BCUT2D eigenvalue weighted by Crippen LogP contribution is 1.86. The van der Waals surface area contributed by atoms with Gasteiger partial charge in [-0.25, -0.2) is 0 Å². The maximum absolute atomic E-state index is 3.89.